The molecule has 0 amide bonds. The van der Waals surface area contributed by atoms with Crippen LogP contribution in [0.5, 0.6) is 5.75 Å². The van der Waals surface area contributed by atoms with Crippen molar-refractivity contribution < 1.29 is 15.0 Å². The van der Waals surface area contributed by atoms with Crippen LogP contribution in [0.2, 0.25) is 0 Å². The number of hydrogen-bond donors (Lipinski definition) is 3. The largest absolute Gasteiger partial charge is 0.508 e. The first-order valence-electron chi connectivity index (χ1n) is 5.87. The predicted molar refractivity (Wildman–Crippen MR) is 74.7 cm³/mol. The van der Waals surface area contributed by atoms with Crippen molar-refractivity contribution in [1.82, 2.24) is 5.32 Å². The molecule has 0 aliphatic carbocycles. The summed E-state index contributed by atoms with van der Waals surface area (Å²) in [5.74, 6) is -0.624. The van der Waals surface area contributed by atoms with Gasteiger partial charge in [-0.1, -0.05) is 12.1 Å². The van der Waals surface area contributed by atoms with Crippen LogP contribution in [-0.2, 0) is 13.1 Å². The van der Waals surface area contributed by atoms with E-state index in [9.17, 15) is 9.90 Å². The van der Waals surface area contributed by atoms with Gasteiger partial charge in [0, 0.05) is 18.0 Å². The van der Waals surface area contributed by atoms with Crippen molar-refractivity contribution in [2.75, 3.05) is 0 Å². The van der Waals surface area contributed by atoms with E-state index in [2.05, 4.69) is 5.32 Å². The van der Waals surface area contributed by atoms with Crippen molar-refractivity contribution in [2.45, 2.75) is 20.0 Å². The first kappa shape index (κ1) is 13.6. The van der Waals surface area contributed by atoms with E-state index in [-0.39, 0.29) is 5.75 Å². The molecule has 4 nitrogen and oxygen atoms in total. The Bertz CT molecular complexity index is 575. The maximum atomic E-state index is 10.9. The summed E-state index contributed by atoms with van der Waals surface area (Å²) >= 11 is 1.30. The third-order valence-corrected chi connectivity index (χ3v) is 3.89. The summed E-state index contributed by atoms with van der Waals surface area (Å²) in [5, 5.41) is 21.4. The molecule has 19 heavy (non-hydrogen) atoms. The fraction of sp³-hybridized carbons (Fsp3) is 0.214. The molecule has 1 aromatic carbocycles. The summed E-state index contributed by atoms with van der Waals surface area (Å²) in [7, 11) is 0. The fourth-order valence-electron chi connectivity index (χ4n) is 1.76. The Morgan fingerprint density at radius 1 is 1.26 bits per heavy atom. The number of benzene rings is 1. The van der Waals surface area contributed by atoms with E-state index < -0.39 is 5.97 Å². The number of nitrogens with one attached hydrogen (secondary N) is 1. The minimum Gasteiger partial charge on any atom is -0.508 e. The number of aromatic carboxylic acids is 1. The first-order valence-corrected chi connectivity index (χ1v) is 6.69. The van der Waals surface area contributed by atoms with Gasteiger partial charge >= 0.3 is 5.97 Å². The second-order valence-electron chi connectivity index (χ2n) is 4.27. The number of carboxylic acid groups (broad SMARTS) is 1. The molecule has 0 saturated heterocycles. The van der Waals surface area contributed by atoms with Crippen LogP contribution in [0.15, 0.2) is 30.3 Å². The van der Waals surface area contributed by atoms with E-state index in [1.807, 2.05) is 19.1 Å². The summed E-state index contributed by atoms with van der Waals surface area (Å²) in [5.41, 5.74) is 2.09. The zero-order chi connectivity index (χ0) is 13.8. The molecular formula is C14H15NO3S. The highest BCUT2D eigenvalue weighted by atomic mass is 32.1. The molecule has 3 N–H and O–H groups in total. The van der Waals surface area contributed by atoms with Crippen molar-refractivity contribution in [3.63, 3.8) is 0 Å². The Labute approximate surface area is 115 Å². The van der Waals surface area contributed by atoms with Crippen LogP contribution >= 0.6 is 11.3 Å². The lowest BCUT2D eigenvalue weighted by atomic mass is 10.2. The van der Waals surface area contributed by atoms with Crippen molar-refractivity contribution in [3.8, 4) is 5.75 Å². The van der Waals surface area contributed by atoms with Crippen molar-refractivity contribution >= 4 is 17.3 Å². The molecule has 0 unspecified atom stereocenters. The lowest BCUT2D eigenvalue weighted by molar-refractivity contribution is 0.0702. The topological polar surface area (TPSA) is 69.6 Å². The van der Waals surface area contributed by atoms with E-state index in [1.165, 1.54) is 11.3 Å². The molecule has 5 heteroatoms. The van der Waals surface area contributed by atoms with Crippen LogP contribution in [0.4, 0.5) is 0 Å². The molecule has 0 spiro atoms. The third kappa shape index (κ3) is 3.56. The lowest BCUT2D eigenvalue weighted by Gasteiger charge is -2.04. The van der Waals surface area contributed by atoms with Crippen LogP contribution in [-0.4, -0.2) is 16.2 Å². The Kier molecular flexibility index (Phi) is 4.19. The molecule has 0 aliphatic rings. The smallest absolute Gasteiger partial charge is 0.345 e. The van der Waals surface area contributed by atoms with Gasteiger partial charge in [0.05, 0.1) is 0 Å². The maximum absolute atomic E-state index is 10.9. The number of carboxylic acids is 1. The van der Waals surface area contributed by atoms with Crippen molar-refractivity contribution in [1.29, 1.82) is 0 Å². The number of hydrogen-bond acceptors (Lipinski definition) is 4. The number of thiophene rings is 1. The van der Waals surface area contributed by atoms with Gasteiger partial charge in [-0.05, 0) is 36.2 Å². The molecule has 1 heterocycles. The van der Waals surface area contributed by atoms with Gasteiger partial charge in [-0.15, -0.1) is 11.3 Å². The van der Waals surface area contributed by atoms with Gasteiger partial charge in [0.15, 0.2) is 0 Å². The summed E-state index contributed by atoms with van der Waals surface area (Å²) in [4.78, 5) is 12.3. The van der Waals surface area contributed by atoms with Gasteiger partial charge in [-0.3, -0.25) is 0 Å². The minimum atomic E-state index is -0.877. The number of aromatic hydroxyl groups is 1. The summed E-state index contributed by atoms with van der Waals surface area (Å²) in [6, 6.07) is 8.72. The lowest BCUT2D eigenvalue weighted by Crippen LogP contribution is -2.12. The molecule has 0 saturated carbocycles. The summed E-state index contributed by atoms with van der Waals surface area (Å²) in [6.45, 7) is 3.24. The molecule has 2 aromatic rings. The highest BCUT2D eigenvalue weighted by Gasteiger charge is 2.10. The van der Waals surface area contributed by atoms with Gasteiger partial charge in [-0.25, -0.2) is 4.79 Å². The highest BCUT2D eigenvalue weighted by Crippen LogP contribution is 2.21. The van der Waals surface area contributed by atoms with E-state index >= 15 is 0 Å². The molecule has 0 aliphatic heterocycles. The van der Waals surface area contributed by atoms with E-state index in [1.54, 1.807) is 18.2 Å². The average Bonchev–Trinajstić information content (AvgIpc) is 2.74. The Morgan fingerprint density at radius 2 is 1.95 bits per heavy atom. The van der Waals surface area contributed by atoms with Gasteiger partial charge in [0.1, 0.15) is 10.6 Å². The van der Waals surface area contributed by atoms with Crippen molar-refractivity contribution in [3.05, 3.63) is 51.2 Å². The SMILES string of the molecule is Cc1sc(C(=O)O)cc1CNCc1ccc(O)cc1. The molecular weight excluding hydrogens is 262 g/mol. The molecule has 0 bridgehead atoms. The quantitative estimate of drug-likeness (QED) is 0.786. The molecule has 1 aromatic heterocycles. The minimum absolute atomic E-state index is 0.253. The zero-order valence-electron chi connectivity index (χ0n) is 10.5. The zero-order valence-corrected chi connectivity index (χ0v) is 11.3. The molecule has 0 fully saturated rings. The summed E-state index contributed by atoms with van der Waals surface area (Å²) in [6.07, 6.45) is 0. The van der Waals surface area contributed by atoms with E-state index in [0.29, 0.717) is 18.0 Å². The molecule has 100 valence electrons. The van der Waals surface area contributed by atoms with Crippen LogP contribution in [0.25, 0.3) is 0 Å². The summed E-state index contributed by atoms with van der Waals surface area (Å²) < 4.78 is 0. The van der Waals surface area contributed by atoms with Crippen molar-refractivity contribution in [2.24, 2.45) is 0 Å². The standard InChI is InChI=1S/C14H15NO3S/c1-9-11(6-13(19-9)14(17)18)8-15-7-10-2-4-12(16)5-3-10/h2-6,15-16H,7-8H2,1H3,(H,17,18). The average molecular weight is 277 g/mol. The second kappa shape index (κ2) is 5.86. The number of phenols is 1. The van der Waals surface area contributed by atoms with Crippen LogP contribution < -0.4 is 5.32 Å². The normalized spacial score (nSPS) is 10.6. The third-order valence-electron chi connectivity index (χ3n) is 2.81. The fourth-order valence-corrected chi connectivity index (χ4v) is 2.64. The number of carbonyl (C=O) groups is 1. The van der Waals surface area contributed by atoms with Gasteiger partial charge in [0.2, 0.25) is 0 Å². The van der Waals surface area contributed by atoms with Gasteiger partial charge in [-0.2, -0.15) is 0 Å². The molecule has 2 rings (SSSR count). The Balaban J connectivity index is 1.92. The number of rotatable bonds is 5. The monoisotopic (exact) mass is 277 g/mol. The predicted octanol–water partition coefficient (Wildman–Crippen LogP) is 2.75. The second-order valence-corrected chi connectivity index (χ2v) is 5.52. The van der Waals surface area contributed by atoms with E-state index in [4.69, 9.17) is 5.11 Å². The van der Waals surface area contributed by atoms with Gasteiger partial charge in [0.25, 0.3) is 0 Å². The van der Waals surface area contributed by atoms with Gasteiger partial charge < -0.3 is 15.5 Å². The van der Waals surface area contributed by atoms with Crippen LogP contribution in [0.1, 0.15) is 25.7 Å². The molecule has 0 atom stereocenters. The number of phenolic OH excluding ortho intramolecular Hbond substituents is 1. The Morgan fingerprint density at radius 3 is 2.53 bits per heavy atom. The number of aryl methyl sites for hydroxylation is 1. The first-order chi connectivity index (χ1) is 9.06. The Hall–Kier alpha value is -1.85. The van der Waals surface area contributed by atoms with E-state index in [0.717, 1.165) is 16.0 Å². The van der Waals surface area contributed by atoms with Crippen LogP contribution in [0.3, 0.4) is 0 Å². The van der Waals surface area contributed by atoms with Crippen LogP contribution in [0, 0.1) is 6.92 Å². The molecule has 0 radical (unpaired) electrons. The maximum Gasteiger partial charge on any atom is 0.345 e. The highest BCUT2D eigenvalue weighted by molar-refractivity contribution is 7.14.